The molecule has 0 bridgehead atoms. The molecule has 0 unspecified atom stereocenters. The third-order valence-corrected chi connectivity index (χ3v) is 4.56. The highest BCUT2D eigenvalue weighted by atomic mass is 14.7. The number of nitrogens with two attached hydrogens (primary N) is 2. The number of anilines is 1. The van der Waals surface area contributed by atoms with E-state index in [1.165, 1.54) is 17.3 Å². The van der Waals surface area contributed by atoms with Crippen molar-refractivity contribution < 1.29 is 0 Å². The lowest BCUT2D eigenvalue weighted by molar-refractivity contribution is 0.686. The minimum absolute atomic E-state index is 0.627. The Morgan fingerprint density at radius 3 is 2.71 bits per heavy atom. The Balaban J connectivity index is 2.35. The summed E-state index contributed by atoms with van der Waals surface area (Å²) in [6.45, 7) is 2.70. The van der Waals surface area contributed by atoms with Crippen molar-refractivity contribution >= 4 is 34.6 Å². The van der Waals surface area contributed by atoms with E-state index >= 15 is 0 Å². The second-order valence-corrected chi connectivity index (χ2v) is 5.98. The second-order valence-electron chi connectivity index (χ2n) is 5.98. The van der Waals surface area contributed by atoms with Crippen LogP contribution in [0.1, 0.15) is 42.1 Å². The minimum Gasteiger partial charge on any atom is -0.404 e. The Kier molecular flexibility index (Phi) is 4.60. The summed E-state index contributed by atoms with van der Waals surface area (Å²) in [7, 11) is 0. The number of hydrogen-bond acceptors (Lipinski definition) is 5. The molecule has 0 radical (unpaired) electrons. The number of nitrogens with zero attached hydrogens (tertiary/aromatic N) is 2. The third kappa shape index (κ3) is 2.66. The Hall–Kier alpha value is -2.69. The Morgan fingerprint density at radius 2 is 2.04 bits per heavy atom. The van der Waals surface area contributed by atoms with Crippen LogP contribution in [0.4, 0.5) is 5.69 Å². The maximum Gasteiger partial charge on any atom is 0.0774 e. The highest BCUT2D eigenvalue weighted by Crippen LogP contribution is 2.35. The van der Waals surface area contributed by atoms with E-state index in [-0.39, 0.29) is 0 Å². The molecule has 1 aliphatic carbocycles. The van der Waals surface area contributed by atoms with Crippen molar-refractivity contribution in [2.75, 3.05) is 12.3 Å². The molecule has 0 saturated heterocycles. The number of nitrogens with one attached hydrogen (secondary N) is 1. The molecule has 3 rings (SSSR count). The minimum atomic E-state index is 0.627. The summed E-state index contributed by atoms with van der Waals surface area (Å²) in [6, 6.07) is 3.75. The van der Waals surface area contributed by atoms with Crippen LogP contribution in [-0.4, -0.2) is 24.0 Å². The fourth-order valence-electron chi connectivity index (χ4n) is 3.43. The summed E-state index contributed by atoms with van der Waals surface area (Å²) in [5.74, 6) is 0. The molecule has 0 spiro atoms. The zero-order valence-corrected chi connectivity index (χ0v) is 14.0. The van der Waals surface area contributed by atoms with Gasteiger partial charge in [0.25, 0.3) is 0 Å². The van der Waals surface area contributed by atoms with Crippen molar-refractivity contribution in [1.82, 2.24) is 4.98 Å². The molecule has 0 saturated carbocycles. The van der Waals surface area contributed by atoms with Gasteiger partial charge in [0.1, 0.15) is 0 Å². The van der Waals surface area contributed by atoms with Crippen molar-refractivity contribution in [2.24, 2.45) is 10.7 Å². The predicted octanol–water partition coefficient (Wildman–Crippen LogP) is 3.08. The number of fused-ring (bicyclic) bond motifs is 3. The highest BCUT2D eigenvalue weighted by molar-refractivity contribution is 6.11. The number of aryl methyl sites for hydroxylation is 1. The maximum absolute atomic E-state index is 7.76. The van der Waals surface area contributed by atoms with Crippen LogP contribution in [-0.2, 0) is 12.8 Å². The van der Waals surface area contributed by atoms with Gasteiger partial charge >= 0.3 is 0 Å². The summed E-state index contributed by atoms with van der Waals surface area (Å²) in [5.41, 5.74) is 18.5. The quantitative estimate of drug-likeness (QED) is 0.595. The first-order valence-electron chi connectivity index (χ1n) is 8.37. The Morgan fingerprint density at radius 1 is 1.29 bits per heavy atom. The van der Waals surface area contributed by atoms with Gasteiger partial charge in [-0.2, -0.15) is 0 Å². The Labute approximate surface area is 142 Å². The number of hydrogen-bond donors (Lipinski definition) is 3. The van der Waals surface area contributed by atoms with Gasteiger partial charge in [0.2, 0.25) is 0 Å². The van der Waals surface area contributed by atoms with E-state index in [1.54, 1.807) is 12.4 Å². The lowest BCUT2D eigenvalue weighted by atomic mass is 9.85. The maximum atomic E-state index is 7.76. The van der Waals surface area contributed by atoms with E-state index in [0.29, 0.717) is 12.2 Å². The van der Waals surface area contributed by atoms with Crippen LogP contribution in [0.15, 0.2) is 23.3 Å². The first-order valence-corrected chi connectivity index (χ1v) is 8.37. The molecule has 5 heteroatoms. The van der Waals surface area contributed by atoms with Gasteiger partial charge in [-0.1, -0.05) is 0 Å². The van der Waals surface area contributed by atoms with E-state index in [0.717, 1.165) is 53.4 Å². The SMILES string of the molecule is CCN=C/C(=C\N)c1nc2ccc(N)c(C=N)c2c2c1CCCC2. The van der Waals surface area contributed by atoms with Crippen LogP contribution < -0.4 is 11.5 Å². The normalized spacial score (nSPS) is 15.0. The van der Waals surface area contributed by atoms with Crippen LogP contribution in [0, 0.1) is 5.41 Å². The number of rotatable bonds is 4. The summed E-state index contributed by atoms with van der Waals surface area (Å²) < 4.78 is 0. The molecule has 5 nitrogen and oxygen atoms in total. The molecular weight excluding hydrogens is 298 g/mol. The summed E-state index contributed by atoms with van der Waals surface area (Å²) in [6.07, 6.45) is 8.95. The highest BCUT2D eigenvalue weighted by Gasteiger charge is 2.21. The number of aliphatic imine (C=N–C) groups is 1. The monoisotopic (exact) mass is 321 g/mol. The van der Waals surface area contributed by atoms with Gasteiger partial charge in [-0.15, -0.1) is 0 Å². The van der Waals surface area contributed by atoms with Crippen LogP contribution in [0.25, 0.3) is 16.5 Å². The summed E-state index contributed by atoms with van der Waals surface area (Å²) >= 11 is 0. The smallest absolute Gasteiger partial charge is 0.0774 e. The van der Waals surface area contributed by atoms with E-state index in [9.17, 15) is 0 Å². The molecular formula is C19H23N5. The lowest BCUT2D eigenvalue weighted by Crippen LogP contribution is -2.12. The summed E-state index contributed by atoms with van der Waals surface area (Å²) in [4.78, 5) is 9.19. The molecule has 1 aromatic carbocycles. The molecule has 0 fully saturated rings. The van der Waals surface area contributed by atoms with Crippen molar-refractivity contribution in [2.45, 2.75) is 32.6 Å². The van der Waals surface area contributed by atoms with E-state index in [2.05, 4.69) is 4.99 Å². The van der Waals surface area contributed by atoms with Crippen LogP contribution >= 0.6 is 0 Å². The topological polar surface area (TPSA) is 101 Å². The van der Waals surface area contributed by atoms with Crippen LogP contribution in [0.5, 0.6) is 0 Å². The van der Waals surface area contributed by atoms with Gasteiger partial charge in [0, 0.05) is 47.4 Å². The van der Waals surface area contributed by atoms with Gasteiger partial charge in [0.05, 0.1) is 11.2 Å². The zero-order valence-electron chi connectivity index (χ0n) is 14.0. The molecule has 2 aromatic rings. The third-order valence-electron chi connectivity index (χ3n) is 4.56. The molecule has 1 aliphatic rings. The van der Waals surface area contributed by atoms with E-state index in [4.69, 9.17) is 21.9 Å². The number of nitrogen functional groups attached to an aromatic ring is 1. The van der Waals surface area contributed by atoms with Crippen LogP contribution in [0.3, 0.4) is 0 Å². The fourth-order valence-corrected chi connectivity index (χ4v) is 3.43. The standard InChI is InChI=1S/C19H23N5/c1-2-23-11-12(9-20)19-14-6-4-3-5-13(14)18-15(10-21)16(22)7-8-17(18)24-19/h7-11,21H,2-6,20,22H2,1H3/b12-9+,21-10?,23-11?. The lowest BCUT2D eigenvalue weighted by Gasteiger charge is -2.22. The molecule has 5 N–H and O–H groups in total. The first kappa shape index (κ1) is 16.2. The van der Waals surface area contributed by atoms with Crippen molar-refractivity contribution in [3.05, 3.63) is 40.7 Å². The van der Waals surface area contributed by atoms with Crippen molar-refractivity contribution in [1.29, 1.82) is 5.41 Å². The number of benzene rings is 1. The molecule has 0 aliphatic heterocycles. The molecule has 0 atom stereocenters. The second kappa shape index (κ2) is 6.83. The zero-order chi connectivity index (χ0) is 17.1. The number of allylic oxidation sites excluding steroid dienone is 1. The van der Waals surface area contributed by atoms with E-state index < -0.39 is 0 Å². The van der Waals surface area contributed by atoms with Gasteiger partial charge in [-0.3, -0.25) is 4.99 Å². The first-order chi connectivity index (χ1) is 11.7. The molecule has 1 heterocycles. The molecule has 124 valence electrons. The molecule has 1 aromatic heterocycles. The van der Waals surface area contributed by atoms with E-state index in [1.807, 2.05) is 19.1 Å². The predicted molar refractivity (Wildman–Crippen MR) is 102 cm³/mol. The van der Waals surface area contributed by atoms with Gasteiger partial charge in [-0.05, 0) is 55.9 Å². The largest absolute Gasteiger partial charge is 0.404 e. The van der Waals surface area contributed by atoms with Gasteiger partial charge in [-0.25, -0.2) is 4.98 Å². The fraction of sp³-hybridized carbons (Fsp3) is 0.316. The molecule has 24 heavy (non-hydrogen) atoms. The average Bonchev–Trinajstić information content (AvgIpc) is 2.62. The Bertz CT molecular complexity index is 849. The number of pyridine rings is 1. The molecule has 0 amide bonds. The summed E-state index contributed by atoms with van der Waals surface area (Å²) in [5, 5.41) is 8.78. The van der Waals surface area contributed by atoms with Crippen molar-refractivity contribution in [3.8, 4) is 0 Å². The number of aromatic nitrogens is 1. The van der Waals surface area contributed by atoms with Gasteiger partial charge < -0.3 is 16.9 Å². The van der Waals surface area contributed by atoms with Crippen LogP contribution in [0.2, 0.25) is 0 Å². The average molecular weight is 321 g/mol. The van der Waals surface area contributed by atoms with Gasteiger partial charge in [0.15, 0.2) is 0 Å². The van der Waals surface area contributed by atoms with Crippen molar-refractivity contribution in [3.63, 3.8) is 0 Å².